The van der Waals surface area contributed by atoms with Crippen molar-refractivity contribution in [2.75, 3.05) is 6.54 Å². The first kappa shape index (κ1) is 17.0. The molecule has 1 aliphatic rings. The summed E-state index contributed by atoms with van der Waals surface area (Å²) in [5.41, 5.74) is 0.232. The van der Waals surface area contributed by atoms with Gasteiger partial charge in [0, 0.05) is 12.5 Å². The van der Waals surface area contributed by atoms with Crippen LogP contribution in [0.25, 0.3) is 0 Å². The van der Waals surface area contributed by atoms with Gasteiger partial charge in [-0.1, -0.05) is 40.5 Å². The molecule has 0 saturated heterocycles. The number of amides is 1. The molecular weight excluding hydrogens is 254 g/mol. The summed E-state index contributed by atoms with van der Waals surface area (Å²) in [7, 11) is 0. The van der Waals surface area contributed by atoms with Crippen molar-refractivity contribution < 1.29 is 14.7 Å². The lowest BCUT2D eigenvalue weighted by molar-refractivity contribution is -0.146. The van der Waals surface area contributed by atoms with Crippen molar-refractivity contribution in [1.29, 1.82) is 0 Å². The molecule has 4 nitrogen and oxygen atoms in total. The number of hydrogen-bond donors (Lipinski definition) is 2. The summed E-state index contributed by atoms with van der Waals surface area (Å²) in [5, 5.41) is 12.0. The predicted molar refractivity (Wildman–Crippen MR) is 79.3 cm³/mol. The third-order valence-corrected chi connectivity index (χ3v) is 4.70. The summed E-state index contributed by atoms with van der Waals surface area (Å²) in [6, 6.07) is 0. The maximum Gasteiger partial charge on any atom is 0.307 e. The second-order valence-corrected chi connectivity index (χ2v) is 6.94. The second kappa shape index (κ2) is 7.09. The Morgan fingerprint density at radius 3 is 2.10 bits per heavy atom. The molecule has 0 aliphatic heterocycles. The molecule has 0 bridgehead atoms. The van der Waals surface area contributed by atoms with Crippen LogP contribution >= 0.6 is 0 Å². The Hall–Kier alpha value is -1.06. The highest BCUT2D eigenvalue weighted by Crippen LogP contribution is 2.42. The zero-order chi connectivity index (χ0) is 15.3. The van der Waals surface area contributed by atoms with Gasteiger partial charge in [0.15, 0.2) is 0 Å². The molecule has 20 heavy (non-hydrogen) atoms. The van der Waals surface area contributed by atoms with Gasteiger partial charge in [0.05, 0.1) is 5.92 Å². The molecule has 2 atom stereocenters. The minimum atomic E-state index is -0.912. The van der Waals surface area contributed by atoms with E-state index in [0.717, 1.165) is 6.42 Å². The maximum atomic E-state index is 12.1. The van der Waals surface area contributed by atoms with Crippen molar-refractivity contribution in [3.8, 4) is 0 Å². The van der Waals surface area contributed by atoms with Crippen molar-refractivity contribution in [3.05, 3.63) is 0 Å². The molecular formula is C16H29NO3. The fourth-order valence-corrected chi connectivity index (χ4v) is 3.32. The van der Waals surface area contributed by atoms with Crippen molar-refractivity contribution in [2.45, 2.75) is 59.8 Å². The van der Waals surface area contributed by atoms with Gasteiger partial charge in [-0.15, -0.1) is 0 Å². The summed E-state index contributed by atoms with van der Waals surface area (Å²) in [6.45, 7) is 8.42. The van der Waals surface area contributed by atoms with Gasteiger partial charge in [-0.05, 0) is 30.6 Å². The minimum Gasteiger partial charge on any atom is -0.481 e. The average molecular weight is 283 g/mol. The van der Waals surface area contributed by atoms with Crippen LogP contribution in [0.3, 0.4) is 0 Å². The number of carboxylic acids is 1. The van der Waals surface area contributed by atoms with Crippen LogP contribution in [0.2, 0.25) is 0 Å². The molecule has 1 rings (SSSR count). The zero-order valence-corrected chi connectivity index (χ0v) is 13.2. The van der Waals surface area contributed by atoms with E-state index in [9.17, 15) is 9.59 Å². The summed E-state index contributed by atoms with van der Waals surface area (Å²) >= 11 is 0. The fourth-order valence-electron chi connectivity index (χ4n) is 3.32. The topological polar surface area (TPSA) is 66.4 Å². The molecule has 1 saturated carbocycles. The number of carbonyl (C=O) groups is 2. The van der Waals surface area contributed by atoms with E-state index in [1.807, 2.05) is 0 Å². The minimum absolute atomic E-state index is 0.130. The quantitative estimate of drug-likeness (QED) is 0.754. The van der Waals surface area contributed by atoms with Crippen LogP contribution in [-0.2, 0) is 9.59 Å². The highest BCUT2D eigenvalue weighted by Gasteiger charge is 2.35. The van der Waals surface area contributed by atoms with Crippen LogP contribution in [0.1, 0.15) is 59.8 Å². The molecule has 2 unspecified atom stereocenters. The van der Waals surface area contributed by atoms with Crippen LogP contribution in [0.5, 0.6) is 0 Å². The number of nitrogens with one attached hydrogen (secondary N) is 1. The van der Waals surface area contributed by atoms with Crippen molar-refractivity contribution in [1.82, 2.24) is 5.32 Å². The summed E-state index contributed by atoms with van der Waals surface area (Å²) in [4.78, 5) is 23.0. The van der Waals surface area contributed by atoms with Crippen LogP contribution in [0, 0.1) is 23.2 Å². The van der Waals surface area contributed by atoms with Gasteiger partial charge in [0.25, 0.3) is 0 Å². The molecule has 2 N–H and O–H groups in total. The number of carbonyl (C=O) groups excluding carboxylic acids is 1. The highest BCUT2D eigenvalue weighted by molar-refractivity contribution is 5.84. The third kappa shape index (κ3) is 4.50. The normalized spacial score (nSPS) is 20.6. The molecule has 1 amide bonds. The number of rotatable bonds is 7. The van der Waals surface area contributed by atoms with Crippen LogP contribution < -0.4 is 5.32 Å². The largest absolute Gasteiger partial charge is 0.481 e. The van der Waals surface area contributed by atoms with E-state index in [4.69, 9.17) is 5.11 Å². The van der Waals surface area contributed by atoms with Gasteiger partial charge >= 0.3 is 5.97 Å². The molecule has 116 valence electrons. The fraction of sp³-hybridized carbons (Fsp3) is 0.875. The van der Waals surface area contributed by atoms with E-state index in [-0.39, 0.29) is 11.3 Å². The van der Waals surface area contributed by atoms with Gasteiger partial charge in [-0.3, -0.25) is 9.59 Å². The average Bonchev–Trinajstić information content (AvgIpc) is 2.82. The number of carboxylic acid groups (broad SMARTS) is 1. The Bertz CT molecular complexity index is 346. The third-order valence-electron chi connectivity index (χ3n) is 4.70. The molecule has 0 aromatic heterocycles. The Balaban J connectivity index is 2.55. The van der Waals surface area contributed by atoms with Gasteiger partial charge in [-0.2, -0.15) is 0 Å². The number of aliphatic carboxylic acids is 1. The smallest absolute Gasteiger partial charge is 0.307 e. The van der Waals surface area contributed by atoms with E-state index < -0.39 is 17.8 Å². The molecule has 0 radical (unpaired) electrons. The summed E-state index contributed by atoms with van der Waals surface area (Å²) in [5.74, 6) is -1.54. The predicted octanol–water partition coefficient (Wildman–Crippen LogP) is 3.07. The lowest BCUT2D eigenvalue weighted by Gasteiger charge is -2.32. The van der Waals surface area contributed by atoms with Crippen molar-refractivity contribution in [2.24, 2.45) is 23.2 Å². The summed E-state index contributed by atoms with van der Waals surface area (Å²) < 4.78 is 0. The van der Waals surface area contributed by atoms with E-state index in [1.165, 1.54) is 25.7 Å². The Kier molecular flexibility index (Phi) is 6.03. The zero-order valence-electron chi connectivity index (χ0n) is 13.2. The Morgan fingerprint density at radius 1 is 1.10 bits per heavy atom. The molecule has 0 aromatic rings. The first-order valence-corrected chi connectivity index (χ1v) is 7.78. The first-order valence-electron chi connectivity index (χ1n) is 7.78. The monoisotopic (exact) mass is 283 g/mol. The van der Waals surface area contributed by atoms with Crippen molar-refractivity contribution >= 4 is 11.9 Å². The molecule has 0 aromatic carbocycles. The molecule has 4 heteroatoms. The molecule has 0 spiro atoms. The number of hydrogen-bond acceptors (Lipinski definition) is 2. The van der Waals surface area contributed by atoms with Crippen LogP contribution in [-0.4, -0.2) is 23.5 Å². The van der Waals surface area contributed by atoms with E-state index in [0.29, 0.717) is 12.5 Å². The second-order valence-electron chi connectivity index (χ2n) is 6.94. The lowest BCUT2D eigenvalue weighted by atomic mass is 9.78. The van der Waals surface area contributed by atoms with Crippen LogP contribution in [0.4, 0.5) is 0 Å². The SMILES string of the molecule is CC(C)CC1(CNC(=O)C(C)C(C)C(=O)O)CCCC1. The lowest BCUT2D eigenvalue weighted by Crippen LogP contribution is -2.41. The van der Waals surface area contributed by atoms with Crippen LogP contribution in [0.15, 0.2) is 0 Å². The Morgan fingerprint density at radius 2 is 1.65 bits per heavy atom. The van der Waals surface area contributed by atoms with Gasteiger partial charge in [0.1, 0.15) is 0 Å². The van der Waals surface area contributed by atoms with Gasteiger partial charge in [0.2, 0.25) is 5.91 Å². The standard InChI is InChI=1S/C16H29NO3/c1-11(2)9-16(7-5-6-8-16)10-17-14(18)12(3)13(4)15(19)20/h11-13H,5-10H2,1-4H3,(H,17,18)(H,19,20). The molecule has 0 heterocycles. The summed E-state index contributed by atoms with van der Waals surface area (Å²) in [6.07, 6.45) is 5.96. The molecule has 1 aliphatic carbocycles. The highest BCUT2D eigenvalue weighted by atomic mass is 16.4. The van der Waals surface area contributed by atoms with E-state index >= 15 is 0 Å². The Labute approximate surface area is 122 Å². The van der Waals surface area contributed by atoms with Gasteiger partial charge in [-0.25, -0.2) is 0 Å². The molecule has 1 fully saturated rings. The van der Waals surface area contributed by atoms with Gasteiger partial charge < -0.3 is 10.4 Å². The van der Waals surface area contributed by atoms with E-state index in [1.54, 1.807) is 13.8 Å². The van der Waals surface area contributed by atoms with Crippen molar-refractivity contribution in [3.63, 3.8) is 0 Å². The maximum absolute atomic E-state index is 12.1. The first-order chi connectivity index (χ1) is 9.27. The van der Waals surface area contributed by atoms with E-state index in [2.05, 4.69) is 19.2 Å².